The average molecular weight is 383 g/mol. The van der Waals surface area contributed by atoms with Crippen LogP contribution in [0.25, 0.3) is 0 Å². The minimum Gasteiger partial charge on any atom is -0.465 e. The summed E-state index contributed by atoms with van der Waals surface area (Å²) in [5.74, 6) is 2.07. The Hall–Kier alpha value is -1.80. The summed E-state index contributed by atoms with van der Waals surface area (Å²) < 4.78 is 12.5. The molecule has 3 atom stereocenters. The lowest BCUT2D eigenvalue weighted by Crippen LogP contribution is -2.26. The normalized spacial score (nSPS) is 14.4. The largest absolute Gasteiger partial charge is 0.465 e. The van der Waals surface area contributed by atoms with Crippen molar-refractivity contribution in [2.24, 2.45) is 5.92 Å². The van der Waals surface area contributed by atoms with Crippen molar-refractivity contribution >= 4 is 0 Å². The van der Waals surface area contributed by atoms with Crippen molar-refractivity contribution in [1.29, 1.82) is 0 Å². The Kier molecular flexibility index (Phi) is 10.1. The van der Waals surface area contributed by atoms with Crippen LogP contribution in [0.3, 0.4) is 0 Å². The second kappa shape index (κ2) is 12.6. The molecule has 2 heteroatoms. The molecule has 0 bridgehead atoms. The van der Waals surface area contributed by atoms with E-state index in [1.54, 1.807) is 0 Å². The molecule has 0 fully saturated rings. The van der Waals surface area contributed by atoms with Gasteiger partial charge in [0.05, 0.1) is 6.61 Å². The van der Waals surface area contributed by atoms with Crippen molar-refractivity contribution in [3.05, 3.63) is 65.7 Å². The van der Waals surface area contributed by atoms with Crippen molar-refractivity contribution < 1.29 is 9.47 Å². The van der Waals surface area contributed by atoms with Crippen LogP contribution < -0.4 is 4.74 Å². The lowest BCUT2D eigenvalue weighted by Gasteiger charge is -2.23. The van der Waals surface area contributed by atoms with Gasteiger partial charge in [0.25, 0.3) is 0 Å². The van der Waals surface area contributed by atoms with E-state index in [0.29, 0.717) is 11.8 Å². The Bertz CT molecular complexity index is 635. The highest BCUT2D eigenvalue weighted by molar-refractivity contribution is 5.29. The van der Waals surface area contributed by atoms with Gasteiger partial charge >= 0.3 is 0 Å². The molecule has 0 spiro atoms. The van der Waals surface area contributed by atoms with E-state index in [0.717, 1.165) is 31.6 Å². The fourth-order valence-electron chi connectivity index (χ4n) is 3.35. The Morgan fingerprint density at radius 2 is 1.57 bits per heavy atom. The molecule has 0 aliphatic carbocycles. The van der Waals surface area contributed by atoms with Crippen LogP contribution in [0.1, 0.15) is 76.8 Å². The fraction of sp³-hybridized carbons (Fsp3) is 0.538. The summed E-state index contributed by atoms with van der Waals surface area (Å²) in [5, 5.41) is 0. The number of benzene rings is 2. The van der Waals surface area contributed by atoms with E-state index >= 15 is 0 Å². The van der Waals surface area contributed by atoms with Gasteiger partial charge in [-0.05, 0) is 47.9 Å². The minimum atomic E-state index is -0.257. The molecule has 0 aliphatic rings. The van der Waals surface area contributed by atoms with Crippen LogP contribution in [0.2, 0.25) is 0 Å². The summed E-state index contributed by atoms with van der Waals surface area (Å²) in [5.41, 5.74) is 2.60. The third-order valence-corrected chi connectivity index (χ3v) is 5.64. The summed E-state index contributed by atoms with van der Waals surface area (Å²) in [6.45, 7) is 9.75. The number of rotatable bonds is 13. The van der Waals surface area contributed by atoms with Crippen molar-refractivity contribution in [3.63, 3.8) is 0 Å². The minimum absolute atomic E-state index is 0.257. The molecule has 0 radical (unpaired) electrons. The number of hydrogen-bond acceptors (Lipinski definition) is 2. The Morgan fingerprint density at radius 3 is 2.18 bits per heavy atom. The highest BCUT2D eigenvalue weighted by atomic mass is 16.7. The van der Waals surface area contributed by atoms with Crippen LogP contribution >= 0.6 is 0 Å². The first kappa shape index (κ1) is 22.5. The van der Waals surface area contributed by atoms with Crippen LogP contribution in [-0.4, -0.2) is 12.9 Å². The van der Waals surface area contributed by atoms with Gasteiger partial charge in [-0.2, -0.15) is 0 Å². The molecule has 2 aromatic rings. The molecule has 2 nitrogen and oxygen atoms in total. The first-order chi connectivity index (χ1) is 13.7. The van der Waals surface area contributed by atoms with Gasteiger partial charge in [-0.25, -0.2) is 0 Å². The first-order valence-corrected chi connectivity index (χ1v) is 11.1. The van der Waals surface area contributed by atoms with Crippen molar-refractivity contribution in [1.82, 2.24) is 0 Å². The van der Waals surface area contributed by atoms with Gasteiger partial charge in [-0.15, -0.1) is 0 Å². The maximum absolute atomic E-state index is 6.28. The molecule has 0 aromatic heterocycles. The van der Waals surface area contributed by atoms with Gasteiger partial charge in [0, 0.05) is 6.42 Å². The summed E-state index contributed by atoms with van der Waals surface area (Å²) >= 11 is 0. The highest BCUT2D eigenvalue weighted by Gasteiger charge is 2.16. The molecule has 0 saturated heterocycles. The van der Waals surface area contributed by atoms with Crippen molar-refractivity contribution in [2.75, 3.05) is 6.61 Å². The third-order valence-electron chi connectivity index (χ3n) is 5.64. The molecule has 3 unspecified atom stereocenters. The molecule has 2 rings (SSSR count). The molecule has 0 aliphatic heterocycles. The standard InChI is InChI=1S/C26H38O2/c1-5-8-12-22(7-3)20-27-26(19-23-13-10-9-11-14-23)28-25-17-15-24(16-18-25)21(4)6-2/h9-11,13-18,21-22,26H,5-8,12,19-20H2,1-4H3. The highest BCUT2D eigenvalue weighted by Crippen LogP contribution is 2.23. The number of ether oxygens (including phenoxy) is 2. The van der Waals surface area contributed by atoms with Crippen LogP contribution in [0.5, 0.6) is 5.75 Å². The predicted molar refractivity (Wildman–Crippen MR) is 119 cm³/mol. The molecule has 0 amide bonds. The topological polar surface area (TPSA) is 18.5 Å². The van der Waals surface area contributed by atoms with E-state index in [4.69, 9.17) is 9.47 Å². The zero-order valence-electron chi connectivity index (χ0n) is 18.2. The van der Waals surface area contributed by atoms with Crippen LogP contribution in [0, 0.1) is 5.92 Å². The molecule has 0 N–H and O–H groups in total. The Morgan fingerprint density at radius 1 is 0.857 bits per heavy atom. The molecule has 2 aromatic carbocycles. The second-order valence-electron chi connectivity index (χ2n) is 7.87. The molecular formula is C26H38O2. The van der Waals surface area contributed by atoms with Crippen molar-refractivity contribution in [3.8, 4) is 5.75 Å². The van der Waals surface area contributed by atoms with E-state index in [-0.39, 0.29) is 6.29 Å². The first-order valence-electron chi connectivity index (χ1n) is 11.1. The summed E-state index contributed by atoms with van der Waals surface area (Å²) in [7, 11) is 0. The van der Waals surface area contributed by atoms with Crippen molar-refractivity contribution in [2.45, 2.75) is 78.4 Å². The molecule has 0 saturated carbocycles. The third kappa shape index (κ3) is 7.67. The lowest BCUT2D eigenvalue weighted by atomic mass is 9.99. The average Bonchev–Trinajstić information content (AvgIpc) is 2.74. The molecular weight excluding hydrogens is 344 g/mol. The zero-order chi connectivity index (χ0) is 20.2. The number of hydrogen-bond donors (Lipinski definition) is 0. The fourth-order valence-corrected chi connectivity index (χ4v) is 3.35. The van der Waals surface area contributed by atoms with Crippen LogP contribution in [0.15, 0.2) is 54.6 Å². The maximum atomic E-state index is 6.28. The quantitative estimate of drug-likeness (QED) is 0.336. The molecule has 28 heavy (non-hydrogen) atoms. The van der Waals surface area contributed by atoms with Gasteiger partial charge in [0.1, 0.15) is 5.75 Å². The summed E-state index contributed by atoms with van der Waals surface area (Å²) in [6.07, 6.45) is 6.55. The number of unbranched alkanes of at least 4 members (excludes halogenated alkanes) is 1. The summed E-state index contributed by atoms with van der Waals surface area (Å²) in [6, 6.07) is 19.0. The van der Waals surface area contributed by atoms with E-state index in [9.17, 15) is 0 Å². The lowest BCUT2D eigenvalue weighted by molar-refractivity contribution is -0.0916. The van der Waals surface area contributed by atoms with E-state index in [2.05, 4.69) is 76.2 Å². The monoisotopic (exact) mass is 382 g/mol. The summed E-state index contributed by atoms with van der Waals surface area (Å²) in [4.78, 5) is 0. The zero-order valence-corrected chi connectivity index (χ0v) is 18.2. The molecule has 154 valence electrons. The van der Waals surface area contributed by atoms with E-state index < -0.39 is 0 Å². The predicted octanol–water partition coefficient (Wildman–Crippen LogP) is 7.38. The SMILES string of the molecule is CCCCC(CC)COC(Cc1ccccc1)Oc1ccc(C(C)CC)cc1. The van der Waals surface area contributed by atoms with E-state index in [1.165, 1.54) is 30.4 Å². The van der Waals surface area contributed by atoms with Crippen LogP contribution in [0.4, 0.5) is 0 Å². The van der Waals surface area contributed by atoms with Gasteiger partial charge < -0.3 is 9.47 Å². The molecule has 0 heterocycles. The van der Waals surface area contributed by atoms with Crippen LogP contribution in [-0.2, 0) is 11.2 Å². The maximum Gasteiger partial charge on any atom is 0.203 e. The second-order valence-corrected chi connectivity index (χ2v) is 7.87. The van der Waals surface area contributed by atoms with Gasteiger partial charge in [-0.1, -0.05) is 89.4 Å². The van der Waals surface area contributed by atoms with Gasteiger partial charge in [0.15, 0.2) is 0 Å². The Labute approximate surface area is 172 Å². The smallest absolute Gasteiger partial charge is 0.203 e. The Balaban J connectivity index is 2.02. The van der Waals surface area contributed by atoms with Gasteiger partial charge in [-0.3, -0.25) is 0 Å². The van der Waals surface area contributed by atoms with E-state index in [1.807, 2.05) is 6.07 Å². The van der Waals surface area contributed by atoms with Gasteiger partial charge in [0.2, 0.25) is 6.29 Å².